The number of tetrazole rings is 1. The molecule has 0 fully saturated rings. The summed E-state index contributed by atoms with van der Waals surface area (Å²) in [5.74, 6) is -1.22. The third kappa shape index (κ3) is 4.04. The molecule has 23 heavy (non-hydrogen) atoms. The van der Waals surface area contributed by atoms with Crippen LogP contribution in [-0.4, -0.2) is 43.2 Å². The second-order valence-corrected chi connectivity index (χ2v) is 5.37. The molecule has 0 bridgehead atoms. The van der Waals surface area contributed by atoms with E-state index in [1.165, 1.54) is 11.7 Å². The second-order valence-electron chi connectivity index (χ2n) is 4.93. The fourth-order valence-electron chi connectivity index (χ4n) is 1.90. The van der Waals surface area contributed by atoms with E-state index in [0.29, 0.717) is 17.3 Å². The summed E-state index contributed by atoms with van der Waals surface area (Å²) in [5.41, 5.74) is 0.717. The van der Waals surface area contributed by atoms with Crippen molar-refractivity contribution in [2.75, 3.05) is 0 Å². The van der Waals surface area contributed by atoms with Crippen molar-refractivity contribution in [1.82, 2.24) is 25.5 Å². The molecule has 2 aromatic rings. The van der Waals surface area contributed by atoms with Gasteiger partial charge in [-0.1, -0.05) is 18.5 Å². The lowest BCUT2D eigenvalue weighted by Crippen LogP contribution is -2.42. The maximum Gasteiger partial charge on any atom is 0.325 e. The Kier molecular flexibility index (Phi) is 5.28. The molecule has 8 nitrogen and oxygen atoms in total. The predicted octanol–water partition coefficient (Wildman–Crippen LogP) is 1.53. The van der Waals surface area contributed by atoms with Gasteiger partial charge in [0.25, 0.3) is 0 Å². The molecule has 0 radical (unpaired) electrons. The van der Waals surface area contributed by atoms with Gasteiger partial charge < -0.3 is 10.4 Å². The summed E-state index contributed by atoms with van der Waals surface area (Å²) in [6, 6.07) is 5.18. The third-order valence-electron chi connectivity index (χ3n) is 3.23. The summed E-state index contributed by atoms with van der Waals surface area (Å²) in [6.07, 6.45) is 0.397. The number of carboxylic acids is 1. The van der Waals surface area contributed by atoms with Crippen LogP contribution in [0.4, 0.5) is 0 Å². The Hall–Kier alpha value is -2.48. The fourth-order valence-corrected chi connectivity index (χ4v) is 2.02. The van der Waals surface area contributed by atoms with Crippen LogP contribution in [0, 0.1) is 0 Å². The van der Waals surface area contributed by atoms with Crippen LogP contribution in [0.3, 0.4) is 0 Å². The van der Waals surface area contributed by atoms with E-state index in [4.69, 9.17) is 16.7 Å². The molecule has 1 aromatic carbocycles. The first-order valence-electron chi connectivity index (χ1n) is 7.01. The minimum Gasteiger partial charge on any atom is -0.480 e. The number of hydrogen-bond acceptors (Lipinski definition) is 5. The second kappa shape index (κ2) is 7.19. The first-order chi connectivity index (χ1) is 10.9. The summed E-state index contributed by atoms with van der Waals surface area (Å²) < 4.78 is 0. The molecule has 1 amide bonds. The fraction of sp³-hybridized carbons (Fsp3) is 0.357. The van der Waals surface area contributed by atoms with Crippen LogP contribution >= 0.6 is 11.6 Å². The number of benzene rings is 1. The molecule has 0 saturated carbocycles. The largest absolute Gasteiger partial charge is 0.480 e. The number of carbonyl (C=O) groups is 2. The maximum absolute atomic E-state index is 12.2. The average molecular weight is 338 g/mol. The monoisotopic (exact) mass is 337 g/mol. The van der Waals surface area contributed by atoms with Gasteiger partial charge in [-0.2, -0.15) is 4.80 Å². The molecule has 2 atom stereocenters. The van der Waals surface area contributed by atoms with Crippen molar-refractivity contribution in [3.63, 3.8) is 0 Å². The molecule has 0 saturated heterocycles. The van der Waals surface area contributed by atoms with Gasteiger partial charge in [-0.15, -0.1) is 10.2 Å². The van der Waals surface area contributed by atoms with Gasteiger partial charge in [0.1, 0.15) is 6.04 Å². The van der Waals surface area contributed by atoms with E-state index in [1.54, 1.807) is 31.2 Å². The number of amides is 1. The van der Waals surface area contributed by atoms with Crippen LogP contribution in [0.25, 0.3) is 11.4 Å². The number of aromatic nitrogens is 4. The number of halogens is 1. The lowest BCUT2D eigenvalue weighted by molar-refractivity contribution is -0.141. The SMILES string of the molecule is CCC(C(=O)N[C@H](C)C(=O)O)n1nnc(-c2ccc(Cl)cc2)n1. The van der Waals surface area contributed by atoms with Crippen LogP contribution in [0.2, 0.25) is 5.02 Å². The van der Waals surface area contributed by atoms with Crippen molar-refractivity contribution in [3.8, 4) is 11.4 Å². The van der Waals surface area contributed by atoms with E-state index in [1.807, 2.05) is 0 Å². The number of nitrogens with zero attached hydrogens (tertiary/aromatic N) is 4. The Bertz CT molecular complexity index is 701. The zero-order valence-electron chi connectivity index (χ0n) is 12.6. The molecule has 0 aliphatic heterocycles. The van der Waals surface area contributed by atoms with E-state index < -0.39 is 24.0 Å². The number of nitrogens with one attached hydrogen (secondary N) is 1. The van der Waals surface area contributed by atoms with Crippen LogP contribution in [0.15, 0.2) is 24.3 Å². The van der Waals surface area contributed by atoms with Crippen molar-refractivity contribution in [1.29, 1.82) is 0 Å². The number of carboxylic acid groups (broad SMARTS) is 1. The molecule has 2 N–H and O–H groups in total. The van der Waals surface area contributed by atoms with Gasteiger partial charge in [-0.25, -0.2) is 0 Å². The highest BCUT2D eigenvalue weighted by Gasteiger charge is 2.25. The molecular weight excluding hydrogens is 322 g/mol. The molecule has 2 rings (SSSR count). The lowest BCUT2D eigenvalue weighted by Gasteiger charge is -2.15. The summed E-state index contributed by atoms with van der Waals surface area (Å²) in [4.78, 5) is 24.2. The Labute approximate surface area is 137 Å². The summed E-state index contributed by atoms with van der Waals surface area (Å²) >= 11 is 5.83. The van der Waals surface area contributed by atoms with E-state index in [9.17, 15) is 9.59 Å². The molecule has 1 heterocycles. The number of hydrogen-bond donors (Lipinski definition) is 2. The molecular formula is C14H16ClN5O3. The molecule has 1 aromatic heterocycles. The highest BCUT2D eigenvalue weighted by Crippen LogP contribution is 2.18. The Morgan fingerprint density at radius 3 is 2.57 bits per heavy atom. The summed E-state index contributed by atoms with van der Waals surface area (Å²) in [6.45, 7) is 3.17. The van der Waals surface area contributed by atoms with E-state index in [0.717, 1.165) is 5.56 Å². The average Bonchev–Trinajstić information content (AvgIpc) is 2.98. The number of rotatable bonds is 6. The Morgan fingerprint density at radius 1 is 1.35 bits per heavy atom. The Balaban J connectivity index is 2.18. The quantitative estimate of drug-likeness (QED) is 0.827. The minimum atomic E-state index is -1.11. The molecule has 1 unspecified atom stereocenters. The third-order valence-corrected chi connectivity index (χ3v) is 3.48. The zero-order valence-corrected chi connectivity index (χ0v) is 13.4. The standard InChI is InChI=1S/C14H16ClN5O3/c1-3-11(13(21)16-8(2)14(22)23)20-18-12(17-19-20)9-4-6-10(15)7-5-9/h4-8,11H,3H2,1-2H3,(H,16,21)(H,22,23)/t8-,11?/m1/s1. The van der Waals surface area contributed by atoms with Gasteiger partial charge in [-0.05, 0) is 42.8 Å². The Morgan fingerprint density at radius 2 is 2.00 bits per heavy atom. The lowest BCUT2D eigenvalue weighted by atomic mass is 10.2. The van der Waals surface area contributed by atoms with Crippen LogP contribution in [0.1, 0.15) is 26.3 Å². The molecule has 9 heteroatoms. The van der Waals surface area contributed by atoms with Gasteiger partial charge in [-0.3, -0.25) is 9.59 Å². The molecule has 0 aliphatic carbocycles. The van der Waals surface area contributed by atoms with Crippen LogP contribution < -0.4 is 5.32 Å². The molecule has 0 spiro atoms. The normalized spacial score (nSPS) is 13.3. The van der Waals surface area contributed by atoms with Gasteiger partial charge in [0.05, 0.1) is 0 Å². The van der Waals surface area contributed by atoms with Crippen molar-refractivity contribution in [3.05, 3.63) is 29.3 Å². The van der Waals surface area contributed by atoms with Crippen molar-refractivity contribution < 1.29 is 14.7 Å². The summed E-state index contributed by atoms with van der Waals surface area (Å²) in [7, 11) is 0. The van der Waals surface area contributed by atoms with E-state index in [-0.39, 0.29) is 0 Å². The van der Waals surface area contributed by atoms with Gasteiger partial charge >= 0.3 is 5.97 Å². The van der Waals surface area contributed by atoms with Crippen molar-refractivity contribution in [2.45, 2.75) is 32.4 Å². The van der Waals surface area contributed by atoms with Crippen molar-refractivity contribution in [2.24, 2.45) is 0 Å². The predicted molar refractivity (Wildman–Crippen MR) is 82.8 cm³/mol. The first-order valence-corrected chi connectivity index (χ1v) is 7.38. The first kappa shape index (κ1) is 16.9. The number of aliphatic carboxylic acids is 1. The number of carbonyl (C=O) groups excluding carboxylic acids is 1. The van der Waals surface area contributed by atoms with Crippen LogP contribution in [-0.2, 0) is 9.59 Å². The van der Waals surface area contributed by atoms with Crippen LogP contribution in [0.5, 0.6) is 0 Å². The zero-order chi connectivity index (χ0) is 17.0. The van der Waals surface area contributed by atoms with Gasteiger partial charge in [0, 0.05) is 10.6 Å². The van der Waals surface area contributed by atoms with E-state index >= 15 is 0 Å². The van der Waals surface area contributed by atoms with Gasteiger partial charge in [0.2, 0.25) is 11.7 Å². The highest BCUT2D eigenvalue weighted by molar-refractivity contribution is 6.30. The highest BCUT2D eigenvalue weighted by atomic mass is 35.5. The molecule has 0 aliphatic rings. The minimum absolute atomic E-state index is 0.360. The summed E-state index contributed by atoms with van der Waals surface area (Å²) in [5, 5.41) is 23.9. The molecule has 122 valence electrons. The van der Waals surface area contributed by atoms with Gasteiger partial charge in [0.15, 0.2) is 6.04 Å². The smallest absolute Gasteiger partial charge is 0.325 e. The maximum atomic E-state index is 12.2. The topological polar surface area (TPSA) is 110 Å². The van der Waals surface area contributed by atoms with E-state index in [2.05, 4.69) is 20.7 Å². The van der Waals surface area contributed by atoms with Crippen molar-refractivity contribution >= 4 is 23.5 Å².